The van der Waals surface area contributed by atoms with E-state index in [1.807, 2.05) is 18.2 Å². The molecule has 0 fully saturated rings. The lowest BCUT2D eigenvalue weighted by Crippen LogP contribution is -2.37. The highest BCUT2D eigenvalue weighted by Gasteiger charge is 2.18. The maximum atomic E-state index is 13.9. The molecule has 26 heavy (non-hydrogen) atoms. The van der Waals surface area contributed by atoms with Crippen molar-refractivity contribution in [1.29, 1.82) is 0 Å². The molecule has 0 aromatic heterocycles. The van der Waals surface area contributed by atoms with Gasteiger partial charge in [0.1, 0.15) is 5.82 Å². The van der Waals surface area contributed by atoms with E-state index in [0.717, 1.165) is 43.3 Å². The Kier molecular flexibility index (Phi) is 5.24. The first kappa shape index (κ1) is 18.3. The van der Waals surface area contributed by atoms with E-state index in [4.69, 9.17) is 5.14 Å². The second-order valence-corrected chi connectivity index (χ2v) is 7.72. The molecule has 0 bridgehead atoms. The minimum absolute atomic E-state index is 0.297. The van der Waals surface area contributed by atoms with Crippen LogP contribution in [0.25, 0.3) is 0 Å². The van der Waals surface area contributed by atoms with Gasteiger partial charge in [-0.1, -0.05) is 18.2 Å². The van der Waals surface area contributed by atoms with Crippen LogP contribution in [0.5, 0.6) is 0 Å². The lowest BCUT2D eigenvalue weighted by Gasteiger charge is -2.31. The molecule has 8 heteroatoms. The number of benzene rings is 2. The van der Waals surface area contributed by atoms with Crippen LogP contribution in [-0.4, -0.2) is 34.0 Å². The SMILES string of the molecule is NS(=O)(=O)c1ccc(F)c(C(=O)NCCN2CCCc3ccccc32)c1. The lowest BCUT2D eigenvalue weighted by molar-refractivity contribution is 0.0950. The Hall–Kier alpha value is -2.45. The lowest BCUT2D eigenvalue weighted by atomic mass is 10.0. The third kappa shape index (κ3) is 4.03. The van der Waals surface area contributed by atoms with Crippen molar-refractivity contribution in [3.63, 3.8) is 0 Å². The maximum Gasteiger partial charge on any atom is 0.254 e. The van der Waals surface area contributed by atoms with Gasteiger partial charge in [0.2, 0.25) is 10.0 Å². The number of halogens is 1. The molecular formula is C18H20FN3O3S. The first-order chi connectivity index (χ1) is 12.4. The molecule has 138 valence electrons. The van der Waals surface area contributed by atoms with Gasteiger partial charge in [-0.3, -0.25) is 4.79 Å². The highest BCUT2D eigenvalue weighted by Crippen LogP contribution is 2.26. The molecule has 6 nitrogen and oxygen atoms in total. The molecule has 3 N–H and O–H groups in total. The van der Waals surface area contributed by atoms with Gasteiger partial charge in [0.25, 0.3) is 5.91 Å². The number of anilines is 1. The fourth-order valence-electron chi connectivity index (χ4n) is 3.10. The zero-order valence-electron chi connectivity index (χ0n) is 14.1. The van der Waals surface area contributed by atoms with Crippen LogP contribution in [0, 0.1) is 5.82 Å². The summed E-state index contributed by atoms with van der Waals surface area (Å²) in [5.41, 5.74) is 2.09. The minimum Gasteiger partial charge on any atom is -0.370 e. The normalized spacial score (nSPS) is 14.0. The third-order valence-electron chi connectivity index (χ3n) is 4.38. The number of carbonyl (C=O) groups is 1. The highest BCUT2D eigenvalue weighted by atomic mass is 32.2. The molecule has 0 spiro atoms. The molecule has 0 saturated carbocycles. The number of rotatable bonds is 5. The zero-order valence-corrected chi connectivity index (χ0v) is 14.9. The number of fused-ring (bicyclic) bond motifs is 1. The summed E-state index contributed by atoms with van der Waals surface area (Å²) in [5, 5.41) is 7.67. The topological polar surface area (TPSA) is 92.5 Å². The van der Waals surface area contributed by atoms with E-state index < -0.39 is 21.7 Å². The predicted molar refractivity (Wildman–Crippen MR) is 97.1 cm³/mol. The number of hydrogen-bond acceptors (Lipinski definition) is 4. The molecule has 3 rings (SSSR count). The number of para-hydroxylation sites is 1. The van der Waals surface area contributed by atoms with Gasteiger partial charge in [0.05, 0.1) is 10.5 Å². The molecule has 2 aromatic rings. The van der Waals surface area contributed by atoms with Crippen LogP contribution in [0.2, 0.25) is 0 Å². The maximum absolute atomic E-state index is 13.9. The third-order valence-corrected chi connectivity index (χ3v) is 5.30. The van der Waals surface area contributed by atoms with E-state index in [9.17, 15) is 17.6 Å². The Morgan fingerprint density at radius 3 is 2.77 bits per heavy atom. The largest absolute Gasteiger partial charge is 0.370 e. The molecule has 1 heterocycles. The van der Waals surface area contributed by atoms with Crippen molar-refractivity contribution in [2.45, 2.75) is 17.7 Å². The number of nitrogens with two attached hydrogens (primary N) is 1. The van der Waals surface area contributed by atoms with Crippen molar-refractivity contribution in [3.05, 3.63) is 59.4 Å². The molecule has 1 aliphatic heterocycles. The number of aryl methyl sites for hydroxylation is 1. The fourth-order valence-corrected chi connectivity index (χ4v) is 3.64. The standard InChI is InChI=1S/C18H20FN3O3S/c19-16-8-7-14(26(20,24)25)12-15(16)18(23)21-9-11-22-10-3-5-13-4-1-2-6-17(13)22/h1-2,4,6-8,12H,3,5,9-11H2,(H,21,23)(H2,20,24,25). The van der Waals surface area contributed by atoms with Gasteiger partial charge < -0.3 is 10.2 Å². The Bertz CT molecular complexity index is 931. The van der Waals surface area contributed by atoms with Crippen LogP contribution in [-0.2, 0) is 16.4 Å². The number of nitrogens with zero attached hydrogens (tertiary/aromatic N) is 1. The summed E-state index contributed by atoms with van der Waals surface area (Å²) in [7, 11) is -4.00. The van der Waals surface area contributed by atoms with Crippen molar-refractivity contribution in [3.8, 4) is 0 Å². The molecule has 0 aliphatic carbocycles. The first-order valence-electron chi connectivity index (χ1n) is 8.29. The van der Waals surface area contributed by atoms with E-state index in [-0.39, 0.29) is 10.5 Å². The average Bonchev–Trinajstić information content (AvgIpc) is 2.61. The Balaban J connectivity index is 1.65. The number of hydrogen-bond donors (Lipinski definition) is 2. The number of amides is 1. The van der Waals surface area contributed by atoms with E-state index in [2.05, 4.69) is 16.3 Å². The average molecular weight is 377 g/mol. The van der Waals surface area contributed by atoms with Crippen molar-refractivity contribution in [2.24, 2.45) is 5.14 Å². The van der Waals surface area contributed by atoms with Crippen LogP contribution >= 0.6 is 0 Å². The highest BCUT2D eigenvalue weighted by molar-refractivity contribution is 7.89. The van der Waals surface area contributed by atoms with Crippen molar-refractivity contribution < 1.29 is 17.6 Å². The van der Waals surface area contributed by atoms with Gasteiger partial charge in [0.15, 0.2) is 0 Å². The van der Waals surface area contributed by atoms with E-state index >= 15 is 0 Å². The summed E-state index contributed by atoms with van der Waals surface area (Å²) in [6.45, 7) is 1.79. The van der Waals surface area contributed by atoms with Crippen LogP contribution < -0.4 is 15.4 Å². The smallest absolute Gasteiger partial charge is 0.254 e. The summed E-state index contributed by atoms with van der Waals surface area (Å²) >= 11 is 0. The molecule has 0 unspecified atom stereocenters. The zero-order chi connectivity index (χ0) is 18.7. The molecule has 0 atom stereocenters. The minimum atomic E-state index is -4.00. The predicted octanol–water partition coefficient (Wildman–Crippen LogP) is 1.66. The Morgan fingerprint density at radius 2 is 2.00 bits per heavy atom. The summed E-state index contributed by atoms with van der Waals surface area (Å²) in [4.78, 5) is 14.1. The number of carbonyl (C=O) groups excluding carboxylic acids is 1. The van der Waals surface area contributed by atoms with Gasteiger partial charge in [0, 0.05) is 25.3 Å². The first-order valence-corrected chi connectivity index (χ1v) is 9.84. The molecular weight excluding hydrogens is 357 g/mol. The number of sulfonamides is 1. The second-order valence-electron chi connectivity index (χ2n) is 6.16. The number of nitrogens with one attached hydrogen (secondary N) is 1. The molecule has 2 aromatic carbocycles. The summed E-state index contributed by atoms with van der Waals surface area (Å²) in [6.07, 6.45) is 2.07. The Morgan fingerprint density at radius 1 is 1.23 bits per heavy atom. The molecule has 1 amide bonds. The summed E-state index contributed by atoms with van der Waals surface area (Å²) < 4.78 is 36.6. The van der Waals surface area contributed by atoms with E-state index in [1.54, 1.807) is 0 Å². The van der Waals surface area contributed by atoms with Gasteiger partial charge in [-0.05, 0) is 42.7 Å². The van der Waals surface area contributed by atoms with Gasteiger partial charge >= 0.3 is 0 Å². The van der Waals surface area contributed by atoms with Crippen LogP contribution in [0.4, 0.5) is 10.1 Å². The Labute approximate surface area is 151 Å². The molecule has 0 radical (unpaired) electrons. The van der Waals surface area contributed by atoms with Gasteiger partial charge in [-0.25, -0.2) is 17.9 Å². The van der Waals surface area contributed by atoms with Crippen molar-refractivity contribution in [1.82, 2.24) is 5.32 Å². The molecule has 0 saturated heterocycles. The quantitative estimate of drug-likeness (QED) is 0.829. The monoisotopic (exact) mass is 377 g/mol. The summed E-state index contributed by atoms with van der Waals surface area (Å²) in [5.74, 6) is -1.46. The van der Waals surface area contributed by atoms with Crippen molar-refractivity contribution in [2.75, 3.05) is 24.5 Å². The summed E-state index contributed by atoms with van der Waals surface area (Å²) in [6, 6.07) is 11.0. The van der Waals surface area contributed by atoms with Crippen LogP contribution in [0.15, 0.2) is 47.4 Å². The second kappa shape index (κ2) is 7.43. The van der Waals surface area contributed by atoms with Gasteiger partial charge in [-0.2, -0.15) is 0 Å². The number of primary sulfonamides is 1. The van der Waals surface area contributed by atoms with Gasteiger partial charge in [-0.15, -0.1) is 0 Å². The van der Waals surface area contributed by atoms with E-state index in [1.165, 1.54) is 5.56 Å². The van der Waals surface area contributed by atoms with Crippen LogP contribution in [0.3, 0.4) is 0 Å². The fraction of sp³-hybridized carbons (Fsp3) is 0.278. The van der Waals surface area contributed by atoms with E-state index in [0.29, 0.717) is 13.1 Å². The van der Waals surface area contributed by atoms with Crippen molar-refractivity contribution >= 4 is 21.6 Å². The molecule has 1 aliphatic rings. The van der Waals surface area contributed by atoms with Crippen LogP contribution in [0.1, 0.15) is 22.3 Å².